The minimum Gasteiger partial charge on any atom is -0.329 e. The minimum absolute atomic E-state index is 0.311. The van der Waals surface area contributed by atoms with Gasteiger partial charge in [0.1, 0.15) is 0 Å². The predicted octanol–water partition coefficient (Wildman–Crippen LogP) is 1.07. The fourth-order valence-corrected chi connectivity index (χ4v) is 4.02. The summed E-state index contributed by atoms with van der Waals surface area (Å²) in [6.07, 6.45) is 5.37. The van der Waals surface area contributed by atoms with Crippen molar-refractivity contribution in [3.63, 3.8) is 0 Å². The van der Waals surface area contributed by atoms with Gasteiger partial charge in [-0.25, -0.2) is 0 Å². The molecule has 2 aliphatic rings. The molecule has 1 heterocycles. The lowest BCUT2D eigenvalue weighted by molar-refractivity contribution is 0.000227. The van der Waals surface area contributed by atoms with Crippen LogP contribution >= 0.6 is 0 Å². The minimum atomic E-state index is 0.311. The number of nitrogens with zero attached hydrogens (tertiary/aromatic N) is 3. The predicted molar refractivity (Wildman–Crippen MR) is 86.0 cm³/mol. The largest absolute Gasteiger partial charge is 0.329 e. The van der Waals surface area contributed by atoms with E-state index in [1.165, 1.54) is 65.0 Å². The first-order chi connectivity index (χ1) is 9.55. The first-order valence-electron chi connectivity index (χ1n) is 8.38. The van der Waals surface area contributed by atoms with Gasteiger partial charge in [0.25, 0.3) is 0 Å². The molecule has 118 valence electrons. The fraction of sp³-hybridized carbons (Fsp3) is 1.00. The summed E-state index contributed by atoms with van der Waals surface area (Å²) in [4.78, 5) is 7.60. The zero-order chi connectivity index (χ0) is 14.6. The number of nitrogens with two attached hydrogens (primary N) is 1. The lowest BCUT2D eigenvalue weighted by atomic mass is 9.75. The second-order valence-corrected chi connectivity index (χ2v) is 7.26. The van der Waals surface area contributed by atoms with Crippen molar-refractivity contribution in [1.82, 2.24) is 14.7 Å². The highest BCUT2D eigenvalue weighted by Crippen LogP contribution is 2.36. The van der Waals surface area contributed by atoms with E-state index in [0.29, 0.717) is 5.54 Å². The first kappa shape index (κ1) is 16.2. The second kappa shape index (κ2) is 7.21. The van der Waals surface area contributed by atoms with Crippen LogP contribution in [0.2, 0.25) is 0 Å². The number of rotatable bonds is 5. The number of piperazine rings is 1. The van der Waals surface area contributed by atoms with Crippen LogP contribution in [-0.4, -0.2) is 80.1 Å². The van der Waals surface area contributed by atoms with E-state index in [4.69, 9.17) is 5.73 Å². The third-order valence-corrected chi connectivity index (χ3v) is 5.35. The van der Waals surface area contributed by atoms with E-state index >= 15 is 0 Å². The Balaban J connectivity index is 1.85. The maximum Gasteiger partial charge on any atom is 0.0335 e. The van der Waals surface area contributed by atoms with E-state index in [1.54, 1.807) is 0 Å². The highest BCUT2D eigenvalue weighted by molar-refractivity contribution is 4.97. The molecule has 2 fully saturated rings. The first-order valence-corrected chi connectivity index (χ1v) is 8.38. The van der Waals surface area contributed by atoms with Crippen LogP contribution in [0.25, 0.3) is 0 Å². The van der Waals surface area contributed by atoms with Crippen LogP contribution in [0, 0.1) is 5.92 Å². The van der Waals surface area contributed by atoms with Crippen LogP contribution in [0.1, 0.15) is 32.6 Å². The van der Waals surface area contributed by atoms with Crippen molar-refractivity contribution in [3.8, 4) is 0 Å². The quantitative estimate of drug-likeness (QED) is 0.818. The Morgan fingerprint density at radius 1 is 1.20 bits per heavy atom. The van der Waals surface area contributed by atoms with Crippen LogP contribution in [0.5, 0.6) is 0 Å². The summed E-state index contributed by atoms with van der Waals surface area (Å²) in [7, 11) is 4.31. The second-order valence-electron chi connectivity index (χ2n) is 7.26. The molecule has 1 saturated carbocycles. The van der Waals surface area contributed by atoms with Gasteiger partial charge >= 0.3 is 0 Å². The molecule has 0 aromatic heterocycles. The van der Waals surface area contributed by atoms with Gasteiger partial charge in [-0.3, -0.25) is 9.80 Å². The zero-order valence-corrected chi connectivity index (χ0v) is 13.8. The molecule has 0 bridgehead atoms. The number of likely N-dealkylation sites (N-methyl/N-ethyl adjacent to an activating group) is 1. The molecular formula is C16H34N4. The Kier molecular flexibility index (Phi) is 5.84. The summed E-state index contributed by atoms with van der Waals surface area (Å²) in [6, 6.07) is 0. The van der Waals surface area contributed by atoms with E-state index in [-0.39, 0.29) is 0 Å². The summed E-state index contributed by atoms with van der Waals surface area (Å²) in [5, 5.41) is 0. The standard InChI is InChI=1S/C16H34N4/c1-15-5-4-6-16(13-15,14-17)20-11-9-19(10-12-20)8-7-18(2)3/h15H,4-14,17H2,1-3H3. The Morgan fingerprint density at radius 3 is 2.45 bits per heavy atom. The van der Waals surface area contributed by atoms with Crippen LogP contribution in [0.15, 0.2) is 0 Å². The maximum atomic E-state index is 6.20. The van der Waals surface area contributed by atoms with Crippen molar-refractivity contribution in [1.29, 1.82) is 0 Å². The lowest BCUT2D eigenvalue weighted by Gasteiger charge is -2.50. The van der Waals surface area contributed by atoms with E-state index < -0.39 is 0 Å². The van der Waals surface area contributed by atoms with Gasteiger partial charge in [-0.15, -0.1) is 0 Å². The molecule has 0 spiro atoms. The molecule has 2 rings (SSSR count). The van der Waals surface area contributed by atoms with Crippen LogP contribution in [-0.2, 0) is 0 Å². The van der Waals surface area contributed by atoms with Gasteiger partial charge < -0.3 is 10.6 Å². The average Bonchev–Trinajstić information content (AvgIpc) is 2.45. The molecule has 1 saturated heterocycles. The molecule has 2 N–H and O–H groups in total. The monoisotopic (exact) mass is 282 g/mol. The van der Waals surface area contributed by atoms with Crippen molar-refractivity contribution in [2.45, 2.75) is 38.1 Å². The molecule has 20 heavy (non-hydrogen) atoms. The van der Waals surface area contributed by atoms with Crippen molar-refractivity contribution in [3.05, 3.63) is 0 Å². The summed E-state index contributed by atoms with van der Waals surface area (Å²) < 4.78 is 0. The summed E-state index contributed by atoms with van der Waals surface area (Å²) in [5.74, 6) is 0.846. The molecule has 4 nitrogen and oxygen atoms in total. The topological polar surface area (TPSA) is 35.7 Å². The molecule has 0 amide bonds. The molecule has 4 heteroatoms. The lowest BCUT2D eigenvalue weighted by Crippen LogP contribution is -2.61. The third kappa shape index (κ3) is 3.94. The molecule has 2 unspecified atom stereocenters. The molecular weight excluding hydrogens is 248 g/mol. The van der Waals surface area contributed by atoms with Crippen molar-refractivity contribution >= 4 is 0 Å². The van der Waals surface area contributed by atoms with Gasteiger partial charge in [-0.1, -0.05) is 19.8 Å². The molecule has 1 aliphatic heterocycles. The molecule has 2 atom stereocenters. The number of hydrogen-bond acceptors (Lipinski definition) is 4. The SMILES string of the molecule is CC1CCCC(CN)(N2CCN(CCN(C)C)CC2)C1. The van der Waals surface area contributed by atoms with Gasteiger partial charge in [-0.05, 0) is 32.9 Å². The van der Waals surface area contributed by atoms with Crippen LogP contribution in [0.4, 0.5) is 0 Å². The highest BCUT2D eigenvalue weighted by atomic mass is 15.3. The molecule has 0 radical (unpaired) electrons. The smallest absolute Gasteiger partial charge is 0.0335 e. The molecule has 1 aliphatic carbocycles. The average molecular weight is 282 g/mol. The summed E-state index contributed by atoms with van der Waals surface area (Å²) in [5.41, 5.74) is 6.51. The maximum absolute atomic E-state index is 6.20. The van der Waals surface area contributed by atoms with Gasteiger partial charge in [0.15, 0.2) is 0 Å². The number of hydrogen-bond donors (Lipinski definition) is 1. The van der Waals surface area contributed by atoms with E-state index in [1.807, 2.05) is 0 Å². The van der Waals surface area contributed by atoms with E-state index in [2.05, 4.69) is 35.7 Å². The highest BCUT2D eigenvalue weighted by Gasteiger charge is 2.40. The fourth-order valence-electron chi connectivity index (χ4n) is 4.02. The summed E-state index contributed by atoms with van der Waals surface area (Å²) in [6.45, 7) is 10.4. The van der Waals surface area contributed by atoms with Crippen LogP contribution in [0.3, 0.4) is 0 Å². The van der Waals surface area contributed by atoms with Crippen LogP contribution < -0.4 is 5.73 Å². The Morgan fingerprint density at radius 2 is 1.90 bits per heavy atom. The van der Waals surface area contributed by atoms with Crippen molar-refractivity contribution in [2.24, 2.45) is 11.7 Å². The Labute approximate surface area is 125 Å². The van der Waals surface area contributed by atoms with Crippen molar-refractivity contribution < 1.29 is 0 Å². The van der Waals surface area contributed by atoms with Gasteiger partial charge in [0.05, 0.1) is 0 Å². The van der Waals surface area contributed by atoms with Gasteiger partial charge in [0, 0.05) is 51.4 Å². The van der Waals surface area contributed by atoms with E-state index in [0.717, 1.165) is 12.5 Å². The Hall–Kier alpha value is -0.160. The summed E-state index contributed by atoms with van der Waals surface area (Å²) >= 11 is 0. The van der Waals surface area contributed by atoms with E-state index in [9.17, 15) is 0 Å². The Bertz CT molecular complexity index is 286. The third-order valence-electron chi connectivity index (χ3n) is 5.35. The normalized spacial score (nSPS) is 33.8. The zero-order valence-electron chi connectivity index (χ0n) is 13.8. The van der Waals surface area contributed by atoms with Crippen molar-refractivity contribution in [2.75, 3.05) is 59.9 Å². The van der Waals surface area contributed by atoms with Gasteiger partial charge in [-0.2, -0.15) is 0 Å². The molecule has 0 aromatic rings. The van der Waals surface area contributed by atoms with Gasteiger partial charge in [0.2, 0.25) is 0 Å². The molecule has 0 aromatic carbocycles.